The van der Waals surface area contributed by atoms with Gasteiger partial charge in [0, 0.05) is 26.2 Å². The fourth-order valence-electron chi connectivity index (χ4n) is 3.89. The summed E-state index contributed by atoms with van der Waals surface area (Å²) in [5.41, 5.74) is 0. The van der Waals surface area contributed by atoms with Crippen LogP contribution in [0.4, 0.5) is 5.13 Å². The Balaban J connectivity index is 1.46. The quantitative estimate of drug-likeness (QED) is 0.705. The second-order valence-electron chi connectivity index (χ2n) is 7.34. The van der Waals surface area contributed by atoms with Gasteiger partial charge in [0.1, 0.15) is 0 Å². The van der Waals surface area contributed by atoms with E-state index in [1.165, 1.54) is 24.9 Å². The lowest BCUT2D eigenvalue weighted by molar-refractivity contribution is -0.0690. The van der Waals surface area contributed by atoms with Crippen LogP contribution >= 0.6 is 22.9 Å². The van der Waals surface area contributed by atoms with E-state index in [1.807, 2.05) is 0 Å². The number of halogens is 1. The van der Waals surface area contributed by atoms with Crippen LogP contribution in [0.25, 0.3) is 0 Å². The molecule has 2 atom stereocenters. The zero-order chi connectivity index (χ0) is 18.7. The van der Waals surface area contributed by atoms with Gasteiger partial charge in [-0.3, -0.25) is 4.90 Å². The second kappa shape index (κ2) is 8.87. The van der Waals surface area contributed by atoms with E-state index < -0.39 is 5.97 Å². The number of ether oxygens (including phenoxy) is 2. The van der Waals surface area contributed by atoms with Crippen LogP contribution < -0.4 is 4.90 Å². The third kappa shape index (κ3) is 4.88. The highest BCUT2D eigenvalue weighted by atomic mass is 35.5. The first-order chi connectivity index (χ1) is 12.5. The molecule has 0 amide bonds. The minimum Gasteiger partial charge on any atom is -0.465 e. The molecule has 2 fully saturated rings. The molecule has 0 N–H and O–H groups in total. The first-order valence-electron chi connectivity index (χ1n) is 9.33. The van der Waals surface area contributed by atoms with Gasteiger partial charge in [0.25, 0.3) is 0 Å². The van der Waals surface area contributed by atoms with Crippen LogP contribution in [0.1, 0.15) is 42.8 Å². The molecule has 3 heterocycles. The van der Waals surface area contributed by atoms with Gasteiger partial charge in [-0.1, -0.05) is 22.9 Å². The van der Waals surface area contributed by atoms with Crippen LogP contribution in [0.3, 0.4) is 0 Å². The smallest absolute Gasteiger partial charge is 0.351 e. The van der Waals surface area contributed by atoms with Crippen LogP contribution in [-0.4, -0.2) is 67.9 Å². The van der Waals surface area contributed by atoms with Gasteiger partial charge in [-0.25, -0.2) is 9.78 Å². The minimum atomic E-state index is -0.414. The van der Waals surface area contributed by atoms with Crippen molar-refractivity contribution in [2.24, 2.45) is 5.92 Å². The molecular formula is C18H28ClN3O3S. The molecule has 6 nitrogen and oxygen atoms in total. The van der Waals surface area contributed by atoms with Gasteiger partial charge in [-0.15, -0.1) is 0 Å². The standard InChI is InChI=1S/C18H28ClN3O3S/c1-12-10-21(11-13(2)25-12)7-4-14-5-8-22(9-6-14)18-20-16(19)15(26-18)17(23)24-3/h12-14H,4-11H2,1-3H3. The van der Waals surface area contributed by atoms with Gasteiger partial charge >= 0.3 is 5.97 Å². The zero-order valence-electron chi connectivity index (χ0n) is 15.7. The highest BCUT2D eigenvalue weighted by Crippen LogP contribution is 2.33. The number of anilines is 1. The Morgan fingerprint density at radius 1 is 1.31 bits per heavy atom. The fraction of sp³-hybridized carbons (Fsp3) is 0.778. The number of aromatic nitrogens is 1. The lowest BCUT2D eigenvalue weighted by Crippen LogP contribution is -2.46. The molecule has 146 valence electrons. The molecular weight excluding hydrogens is 374 g/mol. The number of hydrogen-bond acceptors (Lipinski definition) is 7. The molecule has 3 rings (SSSR count). The molecule has 1 aromatic heterocycles. The Morgan fingerprint density at radius 2 is 1.96 bits per heavy atom. The first-order valence-corrected chi connectivity index (χ1v) is 10.5. The highest BCUT2D eigenvalue weighted by molar-refractivity contribution is 7.18. The molecule has 0 bridgehead atoms. The highest BCUT2D eigenvalue weighted by Gasteiger charge is 2.26. The van der Waals surface area contributed by atoms with Crippen molar-refractivity contribution >= 4 is 34.0 Å². The van der Waals surface area contributed by atoms with Crippen molar-refractivity contribution in [2.75, 3.05) is 44.7 Å². The number of carbonyl (C=O) groups excluding carboxylic acids is 1. The lowest BCUT2D eigenvalue weighted by Gasteiger charge is -2.37. The maximum Gasteiger partial charge on any atom is 0.351 e. The normalized spacial score (nSPS) is 25.5. The number of piperidine rings is 1. The van der Waals surface area contributed by atoms with Crippen molar-refractivity contribution in [3.8, 4) is 0 Å². The van der Waals surface area contributed by atoms with E-state index in [9.17, 15) is 4.79 Å². The molecule has 0 spiro atoms. The largest absolute Gasteiger partial charge is 0.465 e. The number of methoxy groups -OCH3 is 1. The van der Waals surface area contributed by atoms with Crippen LogP contribution in [0, 0.1) is 5.92 Å². The molecule has 8 heteroatoms. The average Bonchev–Trinajstić information content (AvgIpc) is 3.01. The molecule has 26 heavy (non-hydrogen) atoms. The van der Waals surface area contributed by atoms with E-state index in [4.69, 9.17) is 21.1 Å². The molecule has 2 saturated heterocycles. The van der Waals surface area contributed by atoms with Gasteiger partial charge in [0.2, 0.25) is 0 Å². The lowest BCUT2D eigenvalue weighted by atomic mass is 9.93. The van der Waals surface area contributed by atoms with E-state index in [0.717, 1.165) is 56.6 Å². The topological polar surface area (TPSA) is 54.9 Å². The summed E-state index contributed by atoms with van der Waals surface area (Å²) in [6.07, 6.45) is 4.21. The van der Waals surface area contributed by atoms with Crippen LogP contribution in [0.15, 0.2) is 0 Å². The van der Waals surface area contributed by atoms with Crippen molar-refractivity contribution in [3.05, 3.63) is 10.0 Å². The zero-order valence-corrected chi connectivity index (χ0v) is 17.3. The number of hydrogen-bond donors (Lipinski definition) is 0. The Hall–Kier alpha value is -0.890. The molecule has 2 aliphatic heterocycles. The summed E-state index contributed by atoms with van der Waals surface area (Å²) < 4.78 is 10.6. The van der Waals surface area contributed by atoms with E-state index in [1.54, 1.807) is 0 Å². The third-order valence-electron chi connectivity index (χ3n) is 5.18. The number of rotatable bonds is 5. The Kier molecular flexibility index (Phi) is 6.77. The maximum atomic E-state index is 11.7. The van der Waals surface area contributed by atoms with Crippen LogP contribution in [0.2, 0.25) is 5.15 Å². The van der Waals surface area contributed by atoms with Gasteiger partial charge in [0.15, 0.2) is 15.2 Å². The number of carbonyl (C=O) groups is 1. The number of thiazole rings is 1. The van der Waals surface area contributed by atoms with Gasteiger partial charge in [-0.2, -0.15) is 0 Å². The number of nitrogens with zero attached hydrogens (tertiary/aromatic N) is 3. The summed E-state index contributed by atoms with van der Waals surface area (Å²) in [5.74, 6) is 0.331. The number of morpholine rings is 1. The van der Waals surface area contributed by atoms with Crippen LogP contribution in [0.5, 0.6) is 0 Å². The summed E-state index contributed by atoms with van der Waals surface area (Å²) in [6, 6.07) is 0. The minimum absolute atomic E-state index is 0.245. The van der Waals surface area contributed by atoms with E-state index >= 15 is 0 Å². The van der Waals surface area contributed by atoms with E-state index in [0.29, 0.717) is 17.1 Å². The maximum absolute atomic E-state index is 11.7. The number of esters is 1. The van der Waals surface area contributed by atoms with Crippen molar-refractivity contribution in [3.63, 3.8) is 0 Å². The van der Waals surface area contributed by atoms with Crippen molar-refractivity contribution in [1.82, 2.24) is 9.88 Å². The molecule has 2 unspecified atom stereocenters. The van der Waals surface area contributed by atoms with Gasteiger partial charge in [0.05, 0.1) is 19.3 Å². The summed E-state index contributed by atoms with van der Waals surface area (Å²) in [7, 11) is 1.36. The van der Waals surface area contributed by atoms with Gasteiger partial charge in [-0.05, 0) is 45.6 Å². The fourth-order valence-corrected chi connectivity index (χ4v) is 5.14. The second-order valence-corrected chi connectivity index (χ2v) is 8.68. The van der Waals surface area contributed by atoms with Gasteiger partial charge < -0.3 is 14.4 Å². The Morgan fingerprint density at radius 3 is 2.58 bits per heavy atom. The monoisotopic (exact) mass is 401 g/mol. The molecule has 1 aromatic rings. The first kappa shape index (κ1) is 19.9. The Bertz CT molecular complexity index is 609. The molecule has 0 radical (unpaired) electrons. The summed E-state index contributed by atoms with van der Waals surface area (Å²) >= 11 is 7.40. The summed E-state index contributed by atoms with van der Waals surface area (Å²) in [4.78, 5) is 21.2. The molecule has 0 saturated carbocycles. The van der Waals surface area contributed by atoms with Crippen LogP contribution in [-0.2, 0) is 9.47 Å². The van der Waals surface area contributed by atoms with E-state index in [-0.39, 0.29) is 5.15 Å². The average molecular weight is 402 g/mol. The Labute approximate surface area is 164 Å². The van der Waals surface area contributed by atoms with Crippen molar-refractivity contribution < 1.29 is 14.3 Å². The third-order valence-corrected chi connectivity index (χ3v) is 6.66. The van der Waals surface area contributed by atoms with E-state index in [2.05, 4.69) is 28.6 Å². The molecule has 0 aliphatic carbocycles. The van der Waals surface area contributed by atoms with Crippen molar-refractivity contribution in [1.29, 1.82) is 0 Å². The molecule has 2 aliphatic rings. The molecule has 0 aromatic carbocycles. The SMILES string of the molecule is COC(=O)c1sc(N2CCC(CCN3CC(C)OC(C)C3)CC2)nc1Cl. The summed E-state index contributed by atoms with van der Waals surface area (Å²) in [6.45, 7) is 9.47. The predicted octanol–water partition coefficient (Wildman–Crippen LogP) is 3.30. The predicted molar refractivity (Wildman–Crippen MR) is 104 cm³/mol. The summed E-state index contributed by atoms with van der Waals surface area (Å²) in [5, 5.41) is 1.07. The van der Waals surface area contributed by atoms with Crippen molar-refractivity contribution in [2.45, 2.75) is 45.3 Å².